The van der Waals surface area contributed by atoms with E-state index in [2.05, 4.69) is 36.4 Å². The summed E-state index contributed by atoms with van der Waals surface area (Å²) in [6.45, 7) is 10.1. The molecule has 1 aromatic carbocycles. The maximum atomic E-state index is 12.7. The number of hydrogen-bond donors (Lipinski definition) is 2. The molecule has 2 amide bonds. The van der Waals surface area contributed by atoms with Gasteiger partial charge in [0.2, 0.25) is 5.91 Å². The van der Waals surface area contributed by atoms with Crippen molar-refractivity contribution in [3.8, 4) is 0 Å². The Labute approximate surface area is 164 Å². The highest BCUT2D eigenvalue weighted by atomic mass is 32.1. The van der Waals surface area contributed by atoms with Gasteiger partial charge in [0.25, 0.3) is 5.91 Å². The molecule has 0 radical (unpaired) electrons. The van der Waals surface area contributed by atoms with Crippen LogP contribution in [-0.2, 0) is 10.2 Å². The van der Waals surface area contributed by atoms with Gasteiger partial charge in [-0.2, -0.15) is 0 Å². The molecule has 2 aromatic rings. The third kappa shape index (κ3) is 4.75. The number of benzene rings is 1. The Hall–Kier alpha value is -2.21. The number of aryl methyl sites for hydroxylation is 1. The SMILES string of the molecule is Cc1nc(C(C)(C)C)sc1C(=O)NC(C)c1ccc(NC(=O)C2CC2)cc1. The van der Waals surface area contributed by atoms with Gasteiger partial charge >= 0.3 is 0 Å². The molecular weight excluding hydrogens is 358 g/mol. The van der Waals surface area contributed by atoms with Crippen LogP contribution in [0.4, 0.5) is 5.69 Å². The molecule has 27 heavy (non-hydrogen) atoms. The van der Waals surface area contributed by atoms with Crippen molar-refractivity contribution in [2.24, 2.45) is 5.92 Å². The molecule has 0 spiro atoms. The Balaban J connectivity index is 1.64. The number of nitrogens with zero attached hydrogens (tertiary/aromatic N) is 1. The van der Waals surface area contributed by atoms with Crippen molar-refractivity contribution < 1.29 is 9.59 Å². The second-order valence-corrected chi connectivity index (χ2v) is 9.26. The molecule has 2 N–H and O–H groups in total. The van der Waals surface area contributed by atoms with Crippen molar-refractivity contribution in [1.82, 2.24) is 10.3 Å². The van der Waals surface area contributed by atoms with Crippen molar-refractivity contribution in [3.63, 3.8) is 0 Å². The molecule has 1 aromatic heterocycles. The van der Waals surface area contributed by atoms with Crippen LogP contribution in [0.25, 0.3) is 0 Å². The van der Waals surface area contributed by atoms with Gasteiger partial charge in [-0.15, -0.1) is 11.3 Å². The first kappa shape index (κ1) is 19.5. The van der Waals surface area contributed by atoms with E-state index >= 15 is 0 Å². The second-order valence-electron chi connectivity index (χ2n) is 8.26. The van der Waals surface area contributed by atoms with Crippen molar-refractivity contribution in [2.75, 3.05) is 5.32 Å². The van der Waals surface area contributed by atoms with Crippen LogP contribution in [0.1, 0.15) is 72.5 Å². The normalized spacial score (nSPS) is 15.3. The Morgan fingerprint density at radius 2 is 1.81 bits per heavy atom. The molecule has 1 fully saturated rings. The summed E-state index contributed by atoms with van der Waals surface area (Å²) in [5, 5.41) is 6.94. The molecule has 1 saturated carbocycles. The van der Waals surface area contributed by atoms with Gasteiger partial charge in [0, 0.05) is 17.0 Å². The van der Waals surface area contributed by atoms with Crippen molar-refractivity contribution in [2.45, 2.75) is 58.9 Å². The summed E-state index contributed by atoms with van der Waals surface area (Å²) in [5.41, 5.74) is 2.49. The molecule has 144 valence electrons. The van der Waals surface area contributed by atoms with Crippen molar-refractivity contribution in [3.05, 3.63) is 45.4 Å². The Morgan fingerprint density at radius 1 is 1.19 bits per heavy atom. The summed E-state index contributed by atoms with van der Waals surface area (Å²) in [6.07, 6.45) is 1.97. The Bertz CT molecular complexity index is 845. The lowest BCUT2D eigenvalue weighted by Gasteiger charge is -2.15. The van der Waals surface area contributed by atoms with E-state index in [1.807, 2.05) is 38.1 Å². The number of carbonyl (C=O) groups excluding carboxylic acids is 2. The Morgan fingerprint density at radius 3 is 2.33 bits per heavy atom. The quantitative estimate of drug-likeness (QED) is 0.791. The lowest BCUT2D eigenvalue weighted by molar-refractivity contribution is -0.117. The fourth-order valence-electron chi connectivity index (χ4n) is 2.72. The lowest BCUT2D eigenvalue weighted by Crippen LogP contribution is -2.26. The number of aromatic nitrogens is 1. The van der Waals surface area contributed by atoms with E-state index in [1.165, 1.54) is 11.3 Å². The first-order chi connectivity index (χ1) is 12.6. The van der Waals surface area contributed by atoms with E-state index < -0.39 is 0 Å². The van der Waals surface area contributed by atoms with Crippen LogP contribution < -0.4 is 10.6 Å². The predicted octanol–water partition coefficient (Wildman–Crippen LogP) is 4.59. The van der Waals surface area contributed by atoms with Crippen molar-refractivity contribution >= 4 is 28.8 Å². The average Bonchev–Trinajstić information content (AvgIpc) is 3.36. The lowest BCUT2D eigenvalue weighted by atomic mass is 9.98. The second kappa shape index (κ2) is 7.43. The molecule has 0 saturated heterocycles. The molecule has 5 nitrogen and oxygen atoms in total. The molecule has 1 unspecified atom stereocenters. The molecular formula is C21H27N3O2S. The van der Waals surface area contributed by atoms with Gasteiger partial charge in [-0.1, -0.05) is 32.9 Å². The van der Waals surface area contributed by atoms with E-state index in [9.17, 15) is 9.59 Å². The zero-order valence-corrected chi connectivity index (χ0v) is 17.4. The number of carbonyl (C=O) groups is 2. The average molecular weight is 386 g/mol. The number of hydrogen-bond acceptors (Lipinski definition) is 4. The van der Waals surface area contributed by atoms with E-state index in [0.29, 0.717) is 4.88 Å². The zero-order chi connectivity index (χ0) is 19.8. The fourth-order valence-corrected chi connectivity index (χ4v) is 3.75. The van der Waals surface area contributed by atoms with Crippen LogP contribution in [0.5, 0.6) is 0 Å². The molecule has 1 atom stereocenters. The van der Waals surface area contributed by atoms with Crippen LogP contribution in [0.3, 0.4) is 0 Å². The van der Waals surface area contributed by atoms with Gasteiger partial charge in [-0.3, -0.25) is 9.59 Å². The maximum Gasteiger partial charge on any atom is 0.263 e. The minimum Gasteiger partial charge on any atom is -0.345 e. The summed E-state index contributed by atoms with van der Waals surface area (Å²) in [6, 6.07) is 7.51. The highest BCUT2D eigenvalue weighted by Gasteiger charge is 2.29. The minimum atomic E-state index is -0.134. The highest BCUT2D eigenvalue weighted by Crippen LogP contribution is 2.31. The number of anilines is 1. The summed E-state index contributed by atoms with van der Waals surface area (Å²) < 4.78 is 0. The van der Waals surface area contributed by atoms with Crippen LogP contribution in [-0.4, -0.2) is 16.8 Å². The number of rotatable bonds is 5. The minimum absolute atomic E-state index is 0.0691. The van der Waals surface area contributed by atoms with Crippen LogP contribution in [0.2, 0.25) is 0 Å². The topological polar surface area (TPSA) is 71.1 Å². The van der Waals surface area contributed by atoms with Crippen LogP contribution in [0, 0.1) is 12.8 Å². The van der Waals surface area contributed by atoms with E-state index in [-0.39, 0.29) is 29.2 Å². The third-order valence-corrected chi connectivity index (χ3v) is 6.20. The Kier molecular flexibility index (Phi) is 5.38. The standard InChI is InChI=1S/C21H27N3O2S/c1-12(14-8-10-16(11-9-14)24-18(25)15-6-7-15)22-19(26)17-13(2)23-20(27-17)21(3,4)5/h8-12,15H,6-7H2,1-5H3,(H,22,26)(H,24,25). The summed E-state index contributed by atoms with van der Waals surface area (Å²) in [7, 11) is 0. The molecule has 0 bridgehead atoms. The first-order valence-corrected chi connectivity index (χ1v) is 10.2. The third-order valence-electron chi connectivity index (χ3n) is 4.62. The number of amides is 2. The summed E-state index contributed by atoms with van der Waals surface area (Å²) in [4.78, 5) is 29.7. The molecule has 1 heterocycles. The van der Waals surface area contributed by atoms with Gasteiger partial charge in [-0.05, 0) is 44.4 Å². The molecule has 3 rings (SSSR count). The van der Waals surface area contributed by atoms with Crippen LogP contribution in [0.15, 0.2) is 24.3 Å². The zero-order valence-electron chi connectivity index (χ0n) is 16.6. The van der Waals surface area contributed by atoms with E-state index in [1.54, 1.807) is 0 Å². The molecule has 6 heteroatoms. The molecule has 1 aliphatic rings. The van der Waals surface area contributed by atoms with Gasteiger partial charge in [-0.25, -0.2) is 4.98 Å². The molecule has 1 aliphatic carbocycles. The van der Waals surface area contributed by atoms with Gasteiger partial charge in [0.15, 0.2) is 0 Å². The highest BCUT2D eigenvalue weighted by molar-refractivity contribution is 7.14. The van der Waals surface area contributed by atoms with Gasteiger partial charge in [0.05, 0.1) is 16.7 Å². The smallest absolute Gasteiger partial charge is 0.263 e. The number of thiazole rings is 1. The van der Waals surface area contributed by atoms with E-state index in [4.69, 9.17) is 0 Å². The monoisotopic (exact) mass is 385 g/mol. The van der Waals surface area contributed by atoms with Gasteiger partial charge < -0.3 is 10.6 Å². The largest absolute Gasteiger partial charge is 0.345 e. The fraction of sp³-hybridized carbons (Fsp3) is 0.476. The first-order valence-electron chi connectivity index (χ1n) is 9.34. The number of nitrogens with one attached hydrogen (secondary N) is 2. The van der Waals surface area contributed by atoms with E-state index in [0.717, 1.165) is 34.8 Å². The summed E-state index contributed by atoms with van der Waals surface area (Å²) >= 11 is 1.46. The predicted molar refractivity (Wildman–Crippen MR) is 109 cm³/mol. The molecule has 0 aliphatic heterocycles. The summed E-state index contributed by atoms with van der Waals surface area (Å²) in [5.74, 6) is 0.182. The van der Waals surface area contributed by atoms with Crippen LogP contribution >= 0.6 is 11.3 Å². The van der Waals surface area contributed by atoms with Crippen molar-refractivity contribution in [1.29, 1.82) is 0 Å². The van der Waals surface area contributed by atoms with Gasteiger partial charge in [0.1, 0.15) is 4.88 Å². The maximum absolute atomic E-state index is 12.7.